The normalized spacial score (nSPS) is 18.7. The van der Waals surface area contributed by atoms with Crippen LogP contribution in [0.3, 0.4) is 0 Å². The summed E-state index contributed by atoms with van der Waals surface area (Å²) >= 11 is 0. The Morgan fingerprint density at radius 2 is 1.77 bits per heavy atom. The molecule has 70 heavy (non-hydrogen) atoms. The number of carbonyl (C=O) groups is 2. The van der Waals surface area contributed by atoms with Gasteiger partial charge in [0.15, 0.2) is 5.82 Å². The third kappa shape index (κ3) is 9.78. The van der Waals surface area contributed by atoms with Crippen molar-refractivity contribution < 1.29 is 29.0 Å². The Bertz CT molecular complexity index is 2960. The van der Waals surface area contributed by atoms with E-state index in [1.807, 2.05) is 30.3 Å². The highest BCUT2D eigenvalue weighted by molar-refractivity contribution is 7.49. The van der Waals surface area contributed by atoms with E-state index in [4.69, 9.17) is 4.98 Å². The van der Waals surface area contributed by atoms with E-state index in [1.54, 1.807) is 56.5 Å². The Morgan fingerprint density at radius 3 is 2.46 bits per heavy atom. The van der Waals surface area contributed by atoms with Crippen LogP contribution in [0.25, 0.3) is 11.3 Å². The standard InChI is InChI=1S/C50H63N12O7P/c1-8-44(64)54-38-24-33(9-11-40(38)60-20-19-59(28-31(60)2)34-14-17-58(18-15-34)35-10-12-43(52-27-35)50(5,6)56-70(67,68)69)53-45-48(66)57(7)29-39(55-45)36-13-16-51-46(37(36)30-63)62-22-21-61-41(47(62)65)23-32-25-49(3,4)26-42(32)61/h8-13,16,23-24,27,29,31,34,63H,1,14-15,17-22,25-26,28,30H2,2-7H3,(H,53,55)(H,54,64)(H3,56,67,68,69)/t31-/m0/s1. The number of piperazine rings is 1. The van der Waals surface area contributed by atoms with Crippen LogP contribution in [0, 0.1) is 5.41 Å². The predicted octanol–water partition coefficient (Wildman–Crippen LogP) is 5.28. The molecule has 6 N–H and O–H groups in total. The Balaban J connectivity index is 0.890. The van der Waals surface area contributed by atoms with Gasteiger partial charge in [-0.25, -0.2) is 19.6 Å². The van der Waals surface area contributed by atoms with Crippen LogP contribution in [0.15, 0.2) is 78.5 Å². The fourth-order valence-corrected chi connectivity index (χ4v) is 11.7. The second-order valence-corrected chi connectivity index (χ2v) is 21.6. The van der Waals surface area contributed by atoms with Gasteiger partial charge in [0.2, 0.25) is 5.91 Å². The summed E-state index contributed by atoms with van der Waals surface area (Å²) in [5.41, 5.74) is 6.56. The summed E-state index contributed by atoms with van der Waals surface area (Å²) in [6.07, 6.45) is 9.94. The average molecular weight is 975 g/mol. The quantitative estimate of drug-likeness (QED) is 0.0652. The molecule has 3 aliphatic heterocycles. The van der Waals surface area contributed by atoms with Crippen LogP contribution < -0.4 is 36.0 Å². The van der Waals surface area contributed by atoms with E-state index in [0.717, 1.165) is 69.8 Å². The molecular formula is C50H63N12O7P. The number of carbonyl (C=O) groups excluding carboxylic acids is 2. The van der Waals surface area contributed by atoms with E-state index in [9.17, 15) is 33.8 Å². The van der Waals surface area contributed by atoms with Crippen LogP contribution in [0.2, 0.25) is 0 Å². The summed E-state index contributed by atoms with van der Waals surface area (Å²) in [6.45, 7) is 18.4. The fraction of sp³-hybridized carbons (Fsp3) is 0.440. The van der Waals surface area contributed by atoms with Crippen molar-refractivity contribution >= 4 is 53.9 Å². The van der Waals surface area contributed by atoms with Crippen molar-refractivity contribution in [2.75, 3.05) is 64.6 Å². The maximum absolute atomic E-state index is 14.1. The molecule has 0 bridgehead atoms. The monoisotopic (exact) mass is 974 g/mol. The van der Waals surface area contributed by atoms with Gasteiger partial charge in [-0.15, -0.1) is 0 Å². The lowest BCUT2D eigenvalue weighted by atomic mass is 9.90. The van der Waals surface area contributed by atoms with Crippen molar-refractivity contribution in [3.8, 4) is 11.3 Å². The second-order valence-electron chi connectivity index (χ2n) is 20.3. The number of hydrogen-bond donors (Lipinski definition) is 6. The topological polar surface area (TPSA) is 227 Å². The molecule has 4 aromatic heterocycles. The van der Waals surface area contributed by atoms with Gasteiger partial charge >= 0.3 is 7.75 Å². The molecule has 1 aliphatic carbocycles. The smallest absolute Gasteiger partial charge is 0.392 e. The maximum Gasteiger partial charge on any atom is 0.401 e. The number of nitrogens with one attached hydrogen (secondary N) is 3. The number of aliphatic hydroxyl groups excluding tert-OH is 1. The minimum atomic E-state index is -4.45. The van der Waals surface area contributed by atoms with Gasteiger partial charge in [0, 0.05) is 99.8 Å². The number of anilines is 6. The first-order valence-electron chi connectivity index (χ1n) is 23.8. The molecule has 5 aromatic rings. The van der Waals surface area contributed by atoms with Gasteiger partial charge in [0.05, 0.1) is 46.8 Å². The zero-order chi connectivity index (χ0) is 49.9. The van der Waals surface area contributed by atoms with E-state index in [1.165, 1.54) is 21.9 Å². The molecule has 2 amide bonds. The molecule has 0 radical (unpaired) electrons. The molecule has 9 rings (SSSR count). The largest absolute Gasteiger partial charge is 0.401 e. The maximum atomic E-state index is 14.1. The number of fused-ring (bicyclic) bond motifs is 3. The first kappa shape index (κ1) is 48.8. The van der Waals surface area contributed by atoms with Crippen molar-refractivity contribution in [2.24, 2.45) is 12.5 Å². The molecule has 1 atom stereocenters. The lowest BCUT2D eigenvalue weighted by Gasteiger charge is -2.47. The number of aryl methyl sites for hydroxylation is 1. The molecule has 0 spiro atoms. The van der Waals surface area contributed by atoms with E-state index < -0.39 is 25.5 Å². The summed E-state index contributed by atoms with van der Waals surface area (Å²) < 4.78 is 15.1. The molecule has 0 saturated carbocycles. The van der Waals surface area contributed by atoms with Gasteiger partial charge in [-0.1, -0.05) is 20.4 Å². The number of pyridine rings is 2. The van der Waals surface area contributed by atoms with Crippen LogP contribution in [0.4, 0.5) is 34.4 Å². The van der Waals surface area contributed by atoms with Gasteiger partial charge in [-0.3, -0.25) is 29.2 Å². The average Bonchev–Trinajstić information content (AvgIpc) is 3.81. The zero-order valence-electron chi connectivity index (χ0n) is 40.6. The molecule has 4 aliphatic rings. The summed E-state index contributed by atoms with van der Waals surface area (Å²) in [5, 5.41) is 19.4. The fourth-order valence-electron chi connectivity index (χ4n) is 10.9. The van der Waals surface area contributed by atoms with Gasteiger partial charge in [0.25, 0.3) is 11.5 Å². The number of hydrogen-bond acceptors (Lipinski definition) is 12. The van der Waals surface area contributed by atoms with Crippen LogP contribution >= 0.6 is 7.75 Å². The van der Waals surface area contributed by atoms with Crippen molar-refractivity contribution in [1.29, 1.82) is 0 Å². The van der Waals surface area contributed by atoms with Crippen molar-refractivity contribution in [3.05, 3.63) is 112 Å². The molecular weight excluding hydrogens is 912 g/mol. The summed E-state index contributed by atoms with van der Waals surface area (Å²) in [7, 11) is -2.82. The van der Waals surface area contributed by atoms with Gasteiger partial charge in [-0.2, -0.15) is 0 Å². The third-order valence-electron chi connectivity index (χ3n) is 14.2. The summed E-state index contributed by atoms with van der Waals surface area (Å²) in [6, 6.07) is 13.6. The van der Waals surface area contributed by atoms with Gasteiger partial charge in [0.1, 0.15) is 11.5 Å². The lowest BCUT2D eigenvalue weighted by molar-refractivity contribution is -0.111. The summed E-state index contributed by atoms with van der Waals surface area (Å²) in [4.78, 5) is 82.2. The van der Waals surface area contributed by atoms with E-state index >= 15 is 0 Å². The predicted molar refractivity (Wildman–Crippen MR) is 271 cm³/mol. The SMILES string of the molecule is C=CC(=O)Nc1cc(Nc2nc(-c3ccnc(N4CCn5c(cc6c5CC(C)(C)C6)C4=O)c3CO)cn(C)c2=O)ccc1N1CCN(C2CCN(c3ccc(C(C)(C)NP(=O)(O)O)nc3)CC2)C[C@@H]1C. The molecule has 2 saturated heterocycles. The molecule has 20 heteroatoms. The minimum Gasteiger partial charge on any atom is -0.392 e. The molecule has 19 nitrogen and oxygen atoms in total. The number of piperidine rings is 1. The first-order chi connectivity index (χ1) is 33.2. The first-order valence-corrected chi connectivity index (χ1v) is 25.5. The van der Waals surface area contributed by atoms with E-state index in [2.05, 4.69) is 72.3 Å². The third-order valence-corrected chi connectivity index (χ3v) is 15.1. The Hall–Kier alpha value is -6.21. The Labute approximate surface area is 407 Å². The van der Waals surface area contributed by atoms with Crippen molar-refractivity contribution in [2.45, 2.75) is 91.1 Å². The highest BCUT2D eigenvalue weighted by atomic mass is 31.2. The Kier molecular flexibility index (Phi) is 13.1. The molecule has 7 heterocycles. The lowest BCUT2D eigenvalue weighted by Crippen LogP contribution is -2.57. The molecule has 370 valence electrons. The van der Waals surface area contributed by atoms with Gasteiger partial charge in [-0.05, 0) is 106 Å². The second kappa shape index (κ2) is 18.8. The molecule has 2 fully saturated rings. The minimum absolute atomic E-state index is 0.0287. The van der Waals surface area contributed by atoms with Crippen LogP contribution in [0.1, 0.15) is 80.5 Å². The van der Waals surface area contributed by atoms with E-state index in [-0.39, 0.29) is 29.1 Å². The summed E-state index contributed by atoms with van der Waals surface area (Å²) in [5.74, 6) is -0.173. The highest BCUT2D eigenvalue weighted by Crippen LogP contribution is 2.41. The number of amides is 2. The number of benzene rings is 1. The zero-order valence-corrected chi connectivity index (χ0v) is 41.5. The van der Waals surface area contributed by atoms with Crippen LogP contribution in [-0.4, -0.2) is 107 Å². The number of aliphatic hydroxyl groups is 1. The molecule has 1 aromatic carbocycles. The number of aromatic nitrogens is 5. The molecule has 0 unspecified atom stereocenters. The van der Waals surface area contributed by atoms with Crippen molar-refractivity contribution in [1.82, 2.24) is 34.1 Å². The Morgan fingerprint density at radius 1 is 1.00 bits per heavy atom. The van der Waals surface area contributed by atoms with E-state index in [0.29, 0.717) is 64.5 Å². The highest BCUT2D eigenvalue weighted by Gasteiger charge is 2.38. The van der Waals surface area contributed by atoms with Crippen LogP contribution in [0.5, 0.6) is 0 Å². The van der Waals surface area contributed by atoms with Crippen molar-refractivity contribution in [3.63, 3.8) is 0 Å². The van der Waals surface area contributed by atoms with Crippen LogP contribution in [-0.2, 0) is 47.9 Å². The van der Waals surface area contributed by atoms with Gasteiger partial charge < -0.3 is 44.5 Å². The number of nitrogens with zero attached hydrogens (tertiary/aromatic N) is 9. The number of rotatable bonds is 13.